The van der Waals surface area contributed by atoms with Crippen molar-refractivity contribution in [2.45, 2.75) is 95.1 Å². The molecule has 38 heavy (non-hydrogen) atoms. The topological polar surface area (TPSA) is 131 Å². The van der Waals surface area contributed by atoms with Crippen LogP contribution in [0.5, 0.6) is 0 Å². The number of fused-ring (bicyclic) bond motifs is 3. The van der Waals surface area contributed by atoms with E-state index in [1.54, 1.807) is 19.2 Å². The molecule has 4 rings (SSSR count). The summed E-state index contributed by atoms with van der Waals surface area (Å²) in [6, 6.07) is -3.93. The van der Waals surface area contributed by atoms with E-state index in [-0.39, 0.29) is 37.5 Å². The summed E-state index contributed by atoms with van der Waals surface area (Å²) in [4.78, 5) is 51.5. The summed E-state index contributed by atoms with van der Waals surface area (Å²) >= 11 is 0. The van der Waals surface area contributed by atoms with Gasteiger partial charge >= 0.3 is 12.1 Å². The highest BCUT2D eigenvalue weighted by molar-refractivity contribution is 5.94. The van der Waals surface area contributed by atoms with E-state index in [2.05, 4.69) is 10.6 Å². The Bertz CT molecular complexity index is 982. The quantitative estimate of drug-likeness (QED) is 0.399. The summed E-state index contributed by atoms with van der Waals surface area (Å²) in [5, 5.41) is 16.3. The molecular weight excluding hydrogens is 517 g/mol. The van der Waals surface area contributed by atoms with Gasteiger partial charge in [0.15, 0.2) is 0 Å². The molecule has 0 aromatic rings. The molecule has 0 radical (unpaired) electrons. The maximum absolute atomic E-state index is 14.9. The number of carbonyl (C=O) groups is 4. The highest BCUT2D eigenvalue weighted by atomic mass is 19.4. The van der Waals surface area contributed by atoms with Crippen molar-refractivity contribution in [2.75, 3.05) is 6.54 Å². The van der Waals surface area contributed by atoms with Crippen LogP contribution < -0.4 is 16.0 Å². The molecule has 3 aliphatic heterocycles. The third kappa shape index (κ3) is 6.53. The lowest BCUT2D eigenvalue weighted by Crippen LogP contribution is -2.71. The molecule has 4 aliphatic rings. The van der Waals surface area contributed by atoms with Crippen LogP contribution in [-0.2, 0) is 19.2 Å². The lowest BCUT2D eigenvalue weighted by molar-refractivity contribution is -0.196. The van der Waals surface area contributed by atoms with Crippen LogP contribution >= 0.6 is 0 Å². The molecular formula is C24H32F5N5O4. The second-order valence-electron chi connectivity index (χ2n) is 10.7. The Morgan fingerprint density at radius 1 is 1.18 bits per heavy atom. The van der Waals surface area contributed by atoms with Gasteiger partial charge in [-0.15, -0.1) is 0 Å². The molecule has 4 amide bonds. The number of hydrogen-bond donors (Lipinski definition) is 3. The first-order valence-corrected chi connectivity index (χ1v) is 12.7. The fourth-order valence-corrected chi connectivity index (χ4v) is 5.68. The van der Waals surface area contributed by atoms with Crippen molar-refractivity contribution >= 4 is 23.6 Å². The minimum absolute atomic E-state index is 0.0587. The van der Waals surface area contributed by atoms with Crippen LogP contribution in [0, 0.1) is 29.1 Å². The van der Waals surface area contributed by atoms with Gasteiger partial charge in [0.1, 0.15) is 18.1 Å². The number of nitrogens with zero attached hydrogens (tertiary/aromatic N) is 2. The Hall–Kier alpha value is -2.98. The zero-order chi connectivity index (χ0) is 28.4. The predicted octanol–water partition coefficient (Wildman–Crippen LogP) is 2.02. The Morgan fingerprint density at radius 2 is 1.87 bits per heavy atom. The standard InChI is InChI=1S/C24H32F5N5O4/c1-12(2)8-17(33-22(38)24(27,28)29)21(37)34-15-5-6-16(23(25,26)10-15)18(34)20(36)32-14(11-30)9-13-4-3-7-31-19(13)35/h12-18H,3-10H2,1-2H3,(H,31,35)(H,32,36)(H,33,38)/t13-,14-,15-,16-,17+,18+/m0/s1. The summed E-state index contributed by atoms with van der Waals surface area (Å²) in [5.74, 6) is -10.6. The van der Waals surface area contributed by atoms with Gasteiger partial charge in [0.05, 0.1) is 12.0 Å². The van der Waals surface area contributed by atoms with Crippen molar-refractivity contribution in [1.29, 1.82) is 5.26 Å². The van der Waals surface area contributed by atoms with Crippen molar-refractivity contribution in [1.82, 2.24) is 20.9 Å². The molecule has 0 aromatic carbocycles. The Morgan fingerprint density at radius 3 is 2.42 bits per heavy atom. The molecule has 4 fully saturated rings. The molecule has 3 saturated heterocycles. The first-order valence-electron chi connectivity index (χ1n) is 12.7. The van der Waals surface area contributed by atoms with E-state index in [1.165, 1.54) is 0 Å². The summed E-state index contributed by atoms with van der Waals surface area (Å²) < 4.78 is 68.7. The molecule has 0 spiro atoms. The van der Waals surface area contributed by atoms with Crippen molar-refractivity contribution < 1.29 is 41.1 Å². The number of nitrogens with one attached hydrogen (secondary N) is 3. The molecule has 1 saturated carbocycles. The van der Waals surface area contributed by atoms with Gasteiger partial charge in [-0.3, -0.25) is 19.2 Å². The molecule has 0 aromatic heterocycles. The number of rotatable bonds is 8. The molecule has 3 heterocycles. The Labute approximate surface area is 216 Å². The van der Waals surface area contributed by atoms with E-state index >= 15 is 0 Å². The summed E-state index contributed by atoms with van der Waals surface area (Å²) in [6.07, 6.45) is -5.15. The smallest absolute Gasteiger partial charge is 0.356 e. The van der Waals surface area contributed by atoms with Crippen LogP contribution in [0.15, 0.2) is 0 Å². The SMILES string of the molecule is CC(C)C[C@@H](NC(=O)C(F)(F)F)C(=O)N1[C@H]2CC[C@@H]([C@@H]1C(=O)N[C@H](C#N)C[C@@H]1CCCNC1=O)C(F)(F)C2. The van der Waals surface area contributed by atoms with Gasteiger partial charge in [0.25, 0.3) is 5.92 Å². The zero-order valence-electron chi connectivity index (χ0n) is 21.1. The number of halogens is 5. The maximum atomic E-state index is 14.9. The summed E-state index contributed by atoms with van der Waals surface area (Å²) in [6.45, 7) is 3.71. The monoisotopic (exact) mass is 549 g/mol. The molecule has 1 aliphatic carbocycles. The van der Waals surface area contributed by atoms with E-state index in [0.29, 0.717) is 19.4 Å². The van der Waals surface area contributed by atoms with E-state index in [1.807, 2.05) is 6.07 Å². The van der Waals surface area contributed by atoms with Crippen LogP contribution in [0.3, 0.4) is 0 Å². The van der Waals surface area contributed by atoms with Crippen LogP contribution in [0.2, 0.25) is 0 Å². The number of nitriles is 1. The number of piperidine rings is 3. The second kappa shape index (κ2) is 11.4. The van der Waals surface area contributed by atoms with Gasteiger partial charge < -0.3 is 20.9 Å². The molecule has 2 bridgehead atoms. The Kier molecular flexibility index (Phi) is 8.88. The van der Waals surface area contributed by atoms with Gasteiger partial charge in [-0.25, -0.2) is 8.78 Å². The third-order valence-corrected chi connectivity index (χ3v) is 7.42. The fourth-order valence-electron chi connectivity index (χ4n) is 5.68. The van der Waals surface area contributed by atoms with Crippen molar-refractivity contribution in [3.8, 4) is 6.07 Å². The average Bonchev–Trinajstić information content (AvgIpc) is 2.82. The Balaban J connectivity index is 1.87. The molecule has 14 heteroatoms. The lowest BCUT2D eigenvalue weighted by atomic mass is 9.71. The van der Waals surface area contributed by atoms with Crippen molar-refractivity contribution in [3.05, 3.63) is 0 Å². The van der Waals surface area contributed by atoms with Crippen molar-refractivity contribution in [2.24, 2.45) is 17.8 Å². The highest BCUT2D eigenvalue weighted by Crippen LogP contribution is 2.49. The number of carbonyl (C=O) groups excluding carboxylic acids is 4. The third-order valence-electron chi connectivity index (χ3n) is 7.42. The van der Waals surface area contributed by atoms with Gasteiger partial charge in [-0.2, -0.15) is 18.4 Å². The number of hydrogen-bond acceptors (Lipinski definition) is 5. The minimum Gasteiger partial charge on any atom is -0.356 e. The second-order valence-corrected chi connectivity index (χ2v) is 10.7. The predicted molar refractivity (Wildman–Crippen MR) is 122 cm³/mol. The summed E-state index contributed by atoms with van der Waals surface area (Å²) in [7, 11) is 0. The first kappa shape index (κ1) is 29.6. The van der Waals surface area contributed by atoms with E-state index < -0.39 is 72.2 Å². The average molecular weight is 550 g/mol. The minimum atomic E-state index is -5.27. The molecule has 0 unspecified atom stereocenters. The van der Waals surface area contributed by atoms with Gasteiger partial charge in [-0.1, -0.05) is 13.8 Å². The van der Waals surface area contributed by atoms with E-state index in [9.17, 15) is 46.4 Å². The largest absolute Gasteiger partial charge is 0.471 e. The van der Waals surface area contributed by atoms with Crippen molar-refractivity contribution in [3.63, 3.8) is 0 Å². The normalized spacial score (nSPS) is 28.2. The fraction of sp³-hybridized carbons (Fsp3) is 0.792. The van der Waals surface area contributed by atoms with E-state index in [4.69, 9.17) is 0 Å². The first-order chi connectivity index (χ1) is 17.7. The molecule has 3 N–H and O–H groups in total. The van der Waals surface area contributed by atoms with Crippen LogP contribution in [0.4, 0.5) is 22.0 Å². The maximum Gasteiger partial charge on any atom is 0.471 e. The van der Waals surface area contributed by atoms with Gasteiger partial charge in [0, 0.05) is 24.9 Å². The molecule has 6 atom stereocenters. The lowest BCUT2D eigenvalue weighted by Gasteiger charge is -2.54. The van der Waals surface area contributed by atoms with Gasteiger partial charge in [0.2, 0.25) is 17.7 Å². The summed E-state index contributed by atoms with van der Waals surface area (Å²) in [5.41, 5.74) is 0. The number of alkyl halides is 5. The number of amides is 4. The highest BCUT2D eigenvalue weighted by Gasteiger charge is 2.61. The van der Waals surface area contributed by atoms with Crippen LogP contribution in [-0.4, -0.2) is 71.3 Å². The zero-order valence-corrected chi connectivity index (χ0v) is 21.1. The van der Waals surface area contributed by atoms with E-state index in [0.717, 1.165) is 4.90 Å². The molecule has 9 nitrogen and oxygen atoms in total. The van der Waals surface area contributed by atoms with Crippen LogP contribution in [0.25, 0.3) is 0 Å². The molecule has 212 valence electrons. The van der Waals surface area contributed by atoms with Gasteiger partial charge in [-0.05, 0) is 44.4 Å². The van der Waals surface area contributed by atoms with Crippen LogP contribution in [0.1, 0.15) is 58.8 Å².